The van der Waals surface area contributed by atoms with Crippen molar-refractivity contribution < 1.29 is 13.9 Å². The Morgan fingerprint density at radius 3 is 2.78 bits per heavy atom. The first-order chi connectivity index (χ1) is 8.52. The van der Waals surface area contributed by atoms with E-state index < -0.39 is 5.97 Å². The van der Waals surface area contributed by atoms with E-state index >= 15 is 0 Å². The standard InChI is InChI=1S/C14H21NO3/c1-9-7-10(2)15(8-9)11(3)12-5-6-13(18-12)14(16)17-4/h5-6,9-11H,7-8H2,1-4H3. The van der Waals surface area contributed by atoms with Gasteiger partial charge in [-0.25, -0.2) is 4.79 Å². The molecule has 0 spiro atoms. The molecule has 2 heterocycles. The van der Waals surface area contributed by atoms with E-state index in [-0.39, 0.29) is 11.8 Å². The van der Waals surface area contributed by atoms with Crippen LogP contribution >= 0.6 is 0 Å². The lowest BCUT2D eigenvalue weighted by Crippen LogP contribution is -2.30. The summed E-state index contributed by atoms with van der Waals surface area (Å²) in [5, 5.41) is 0. The van der Waals surface area contributed by atoms with Crippen LogP contribution < -0.4 is 0 Å². The molecule has 1 aromatic rings. The number of hydrogen-bond donors (Lipinski definition) is 0. The molecule has 0 bridgehead atoms. The predicted octanol–water partition coefficient (Wildman–Crippen LogP) is 2.86. The number of carbonyl (C=O) groups is 1. The fraction of sp³-hybridized carbons (Fsp3) is 0.643. The molecule has 1 aliphatic rings. The van der Waals surface area contributed by atoms with Gasteiger partial charge in [-0.15, -0.1) is 0 Å². The molecule has 4 nitrogen and oxygen atoms in total. The smallest absolute Gasteiger partial charge is 0.373 e. The van der Waals surface area contributed by atoms with Crippen LogP contribution in [0.4, 0.5) is 0 Å². The van der Waals surface area contributed by atoms with E-state index in [0.717, 1.165) is 18.2 Å². The van der Waals surface area contributed by atoms with Gasteiger partial charge in [-0.3, -0.25) is 4.90 Å². The number of carbonyl (C=O) groups excluding carboxylic acids is 1. The van der Waals surface area contributed by atoms with E-state index in [0.29, 0.717) is 6.04 Å². The SMILES string of the molecule is COC(=O)c1ccc(C(C)N2CC(C)CC2C)o1. The second-order valence-corrected chi connectivity index (χ2v) is 5.26. The highest BCUT2D eigenvalue weighted by atomic mass is 16.5. The summed E-state index contributed by atoms with van der Waals surface area (Å²) < 4.78 is 10.2. The summed E-state index contributed by atoms with van der Waals surface area (Å²) in [6, 6.07) is 4.30. The van der Waals surface area contributed by atoms with Crippen LogP contribution in [-0.2, 0) is 4.74 Å². The zero-order valence-electron chi connectivity index (χ0n) is 11.5. The van der Waals surface area contributed by atoms with Crippen molar-refractivity contribution in [3.8, 4) is 0 Å². The first kappa shape index (κ1) is 13.1. The van der Waals surface area contributed by atoms with Crippen molar-refractivity contribution in [3.05, 3.63) is 23.7 Å². The van der Waals surface area contributed by atoms with Crippen LogP contribution in [0, 0.1) is 5.92 Å². The van der Waals surface area contributed by atoms with Crippen LogP contribution in [0.5, 0.6) is 0 Å². The van der Waals surface area contributed by atoms with Gasteiger partial charge < -0.3 is 9.15 Å². The van der Waals surface area contributed by atoms with Gasteiger partial charge in [-0.05, 0) is 38.3 Å². The molecule has 0 radical (unpaired) electrons. The van der Waals surface area contributed by atoms with Gasteiger partial charge >= 0.3 is 5.97 Å². The first-order valence-corrected chi connectivity index (χ1v) is 6.46. The molecule has 2 rings (SSSR count). The van der Waals surface area contributed by atoms with E-state index in [1.807, 2.05) is 6.07 Å². The van der Waals surface area contributed by atoms with Crippen molar-refractivity contribution in [2.45, 2.75) is 39.3 Å². The molecule has 0 aromatic carbocycles. The second-order valence-electron chi connectivity index (χ2n) is 5.26. The fourth-order valence-electron chi connectivity index (χ4n) is 2.82. The van der Waals surface area contributed by atoms with Crippen LogP contribution in [0.2, 0.25) is 0 Å². The Kier molecular flexibility index (Phi) is 3.76. The Bertz CT molecular complexity index is 426. The normalized spacial score (nSPS) is 26.2. The van der Waals surface area contributed by atoms with Gasteiger partial charge in [0.05, 0.1) is 13.2 Å². The summed E-state index contributed by atoms with van der Waals surface area (Å²) in [4.78, 5) is 13.8. The minimum Gasteiger partial charge on any atom is -0.463 e. The molecule has 1 aliphatic heterocycles. The lowest BCUT2D eigenvalue weighted by Gasteiger charge is -2.26. The molecule has 4 heteroatoms. The fourth-order valence-corrected chi connectivity index (χ4v) is 2.82. The lowest BCUT2D eigenvalue weighted by atomic mass is 10.1. The molecule has 100 valence electrons. The number of furan rings is 1. The molecule has 1 fully saturated rings. The summed E-state index contributed by atoms with van der Waals surface area (Å²) >= 11 is 0. The average Bonchev–Trinajstić information content (AvgIpc) is 2.94. The largest absolute Gasteiger partial charge is 0.463 e. The summed E-state index contributed by atoms with van der Waals surface area (Å²) in [6.45, 7) is 7.71. The van der Waals surface area contributed by atoms with Gasteiger partial charge in [0.1, 0.15) is 5.76 Å². The third-order valence-electron chi connectivity index (χ3n) is 3.75. The van der Waals surface area contributed by atoms with Gasteiger partial charge in [0.25, 0.3) is 0 Å². The number of esters is 1. The third-order valence-corrected chi connectivity index (χ3v) is 3.75. The highest BCUT2D eigenvalue weighted by Gasteiger charge is 2.31. The number of nitrogens with zero attached hydrogens (tertiary/aromatic N) is 1. The van der Waals surface area contributed by atoms with Gasteiger partial charge in [-0.1, -0.05) is 6.92 Å². The van der Waals surface area contributed by atoms with Crippen molar-refractivity contribution in [1.29, 1.82) is 0 Å². The molecular weight excluding hydrogens is 230 g/mol. The molecule has 18 heavy (non-hydrogen) atoms. The van der Waals surface area contributed by atoms with Crippen LogP contribution in [0.3, 0.4) is 0 Å². The average molecular weight is 251 g/mol. The zero-order valence-corrected chi connectivity index (χ0v) is 11.5. The van der Waals surface area contributed by atoms with Crippen molar-refractivity contribution in [1.82, 2.24) is 4.90 Å². The number of methoxy groups -OCH3 is 1. The van der Waals surface area contributed by atoms with Crippen LogP contribution in [-0.4, -0.2) is 30.6 Å². The van der Waals surface area contributed by atoms with Crippen LogP contribution in [0.15, 0.2) is 16.5 Å². The molecule has 1 saturated heterocycles. The Morgan fingerprint density at radius 1 is 1.50 bits per heavy atom. The molecule has 3 unspecified atom stereocenters. The number of rotatable bonds is 3. The molecule has 0 saturated carbocycles. The van der Waals surface area contributed by atoms with Gasteiger partial charge in [0.15, 0.2) is 0 Å². The predicted molar refractivity (Wildman–Crippen MR) is 68.4 cm³/mol. The summed E-state index contributed by atoms with van der Waals surface area (Å²) in [6.07, 6.45) is 1.22. The van der Waals surface area contributed by atoms with Gasteiger partial charge in [0.2, 0.25) is 5.76 Å². The lowest BCUT2D eigenvalue weighted by molar-refractivity contribution is 0.0558. The van der Waals surface area contributed by atoms with E-state index in [9.17, 15) is 4.79 Å². The summed E-state index contributed by atoms with van der Waals surface area (Å²) in [7, 11) is 1.36. The molecule has 0 amide bonds. The summed E-state index contributed by atoms with van der Waals surface area (Å²) in [5.74, 6) is 1.41. The summed E-state index contributed by atoms with van der Waals surface area (Å²) in [5.41, 5.74) is 0. The maximum atomic E-state index is 11.4. The highest BCUT2D eigenvalue weighted by Crippen LogP contribution is 2.32. The minimum atomic E-state index is -0.420. The first-order valence-electron chi connectivity index (χ1n) is 6.46. The Hall–Kier alpha value is -1.29. The third kappa shape index (κ3) is 2.43. The van der Waals surface area contributed by atoms with Gasteiger partial charge in [0, 0.05) is 12.6 Å². The minimum absolute atomic E-state index is 0.198. The van der Waals surface area contributed by atoms with Gasteiger partial charge in [-0.2, -0.15) is 0 Å². The van der Waals surface area contributed by atoms with Crippen molar-refractivity contribution in [2.75, 3.05) is 13.7 Å². The molecule has 0 aliphatic carbocycles. The van der Waals surface area contributed by atoms with Crippen molar-refractivity contribution in [2.24, 2.45) is 5.92 Å². The van der Waals surface area contributed by atoms with Crippen LogP contribution in [0.1, 0.15) is 49.5 Å². The number of ether oxygens (including phenoxy) is 1. The van der Waals surface area contributed by atoms with E-state index in [1.165, 1.54) is 13.5 Å². The topological polar surface area (TPSA) is 42.7 Å². The highest BCUT2D eigenvalue weighted by molar-refractivity contribution is 5.86. The van der Waals surface area contributed by atoms with Crippen molar-refractivity contribution in [3.63, 3.8) is 0 Å². The quantitative estimate of drug-likeness (QED) is 0.775. The molecule has 3 atom stereocenters. The maximum absolute atomic E-state index is 11.4. The van der Waals surface area contributed by atoms with E-state index in [2.05, 4.69) is 30.4 Å². The number of likely N-dealkylation sites (tertiary alicyclic amines) is 1. The van der Waals surface area contributed by atoms with E-state index in [1.54, 1.807) is 6.07 Å². The Balaban J connectivity index is 2.11. The van der Waals surface area contributed by atoms with Crippen molar-refractivity contribution >= 4 is 5.97 Å². The molecular formula is C14H21NO3. The Morgan fingerprint density at radius 2 is 2.22 bits per heavy atom. The number of hydrogen-bond acceptors (Lipinski definition) is 4. The molecule has 1 aromatic heterocycles. The van der Waals surface area contributed by atoms with Crippen LogP contribution in [0.25, 0.3) is 0 Å². The maximum Gasteiger partial charge on any atom is 0.373 e. The Labute approximate surface area is 108 Å². The van der Waals surface area contributed by atoms with E-state index in [4.69, 9.17) is 4.42 Å². The second kappa shape index (κ2) is 5.14. The molecule has 0 N–H and O–H groups in total. The monoisotopic (exact) mass is 251 g/mol. The zero-order chi connectivity index (χ0) is 13.3.